The molecule has 1 N–H and O–H groups in total. The lowest BCUT2D eigenvalue weighted by atomic mass is 9.92. The number of hydrogen-bond donors (Lipinski definition) is 1. The Labute approximate surface area is 346 Å². The molecule has 2 fully saturated rings. The quantitative estimate of drug-likeness (QED) is 0.0885. The molecule has 1 saturated carbocycles. The summed E-state index contributed by atoms with van der Waals surface area (Å²) < 4.78 is 67.3. The fraction of sp³-hybridized carbons (Fsp3) is 0.289. The second kappa shape index (κ2) is 16.2. The van der Waals surface area contributed by atoms with Crippen molar-refractivity contribution in [2.75, 3.05) is 19.8 Å². The van der Waals surface area contributed by atoms with Crippen LogP contribution >= 0.6 is 0 Å². The third-order valence-corrected chi connectivity index (χ3v) is 11.1. The largest absolute Gasteiger partial charge is 0.491 e. The maximum Gasteiger partial charge on any atom is 0.420 e. The second-order valence-electron chi connectivity index (χ2n) is 15.0. The Morgan fingerprint density at radius 3 is 2.51 bits per heavy atom. The van der Waals surface area contributed by atoms with E-state index in [0.717, 1.165) is 45.2 Å². The molecule has 4 aromatic heterocycles. The first-order valence-electron chi connectivity index (χ1n) is 19.6. The summed E-state index contributed by atoms with van der Waals surface area (Å²) in [4.78, 5) is 51.0. The third kappa shape index (κ3) is 8.16. The third-order valence-electron chi connectivity index (χ3n) is 11.1. The summed E-state index contributed by atoms with van der Waals surface area (Å²) in [6.45, 7) is 0.420. The standard InChI is InChI=1S/C45H37F3N6O7/c1-53-37-12-13-49-23-35(37)34-7-4-26(18-39(34)53)27-5-11-42(51-22-27)61-32-20-31(21-32)60-40-24-50-29(19-36(40)45(46,47)48)3-2-14-58-15-16-59-30-6-8-33-28(17-30)25-54(44(33)57)38-9-10-41(55)52-43(38)56/h4-8,11-13,17-19,22-24,31-32,38H,9-10,14-16,20-21,25H2,1H3,(H,52,55,56). The summed E-state index contributed by atoms with van der Waals surface area (Å²) in [6.07, 6.45) is 2.17. The average Bonchev–Trinajstić information content (AvgIpc) is 3.71. The number of nitrogens with one attached hydrogen (secondary N) is 1. The Kier molecular flexibility index (Phi) is 10.5. The Morgan fingerprint density at radius 1 is 0.869 bits per heavy atom. The highest BCUT2D eigenvalue weighted by Gasteiger charge is 2.40. The Bertz CT molecular complexity index is 2760. The predicted molar refractivity (Wildman–Crippen MR) is 214 cm³/mol. The van der Waals surface area contributed by atoms with E-state index in [1.165, 1.54) is 4.90 Å². The molecule has 1 atom stereocenters. The minimum atomic E-state index is -4.70. The second-order valence-corrected chi connectivity index (χ2v) is 15.0. The number of aromatic nitrogens is 4. The van der Waals surface area contributed by atoms with Gasteiger partial charge in [0.05, 0.1) is 18.3 Å². The van der Waals surface area contributed by atoms with E-state index in [4.69, 9.17) is 18.9 Å². The lowest BCUT2D eigenvalue weighted by Gasteiger charge is -2.35. The molecule has 16 heteroatoms. The molecule has 3 amide bonds. The van der Waals surface area contributed by atoms with Crippen molar-refractivity contribution in [3.63, 3.8) is 0 Å². The van der Waals surface area contributed by atoms with Crippen LogP contribution in [0.5, 0.6) is 17.4 Å². The minimum absolute atomic E-state index is 0.0791. The van der Waals surface area contributed by atoms with Crippen LogP contribution in [-0.4, -0.2) is 80.2 Å². The van der Waals surface area contributed by atoms with Crippen LogP contribution in [0.3, 0.4) is 0 Å². The van der Waals surface area contributed by atoms with Crippen molar-refractivity contribution in [2.24, 2.45) is 7.05 Å². The van der Waals surface area contributed by atoms with E-state index in [-0.39, 0.29) is 68.6 Å². The highest BCUT2D eigenvalue weighted by atomic mass is 19.4. The zero-order valence-electron chi connectivity index (χ0n) is 32.7. The number of fused-ring (bicyclic) bond motifs is 4. The number of amides is 3. The number of halogens is 3. The van der Waals surface area contributed by atoms with E-state index in [0.29, 0.717) is 35.6 Å². The number of carbonyl (C=O) groups is 3. The topological polar surface area (TPSA) is 147 Å². The number of rotatable bonds is 11. The molecule has 310 valence electrons. The fourth-order valence-corrected chi connectivity index (χ4v) is 7.85. The minimum Gasteiger partial charge on any atom is -0.491 e. The van der Waals surface area contributed by atoms with E-state index < -0.39 is 29.8 Å². The van der Waals surface area contributed by atoms with Crippen LogP contribution in [0.25, 0.3) is 32.9 Å². The molecule has 3 aliphatic rings. The van der Waals surface area contributed by atoms with Crippen molar-refractivity contribution in [3.05, 3.63) is 108 Å². The molecule has 1 saturated heterocycles. The van der Waals surface area contributed by atoms with Crippen LogP contribution < -0.4 is 19.5 Å². The molecular formula is C45H37F3N6O7. The molecule has 13 nitrogen and oxygen atoms in total. The van der Waals surface area contributed by atoms with Gasteiger partial charge in [-0.3, -0.25) is 24.7 Å². The molecule has 2 aliphatic heterocycles. The molecule has 9 rings (SSSR count). The number of piperidine rings is 1. The number of nitrogens with zero attached hydrogens (tertiary/aromatic N) is 5. The van der Waals surface area contributed by atoms with E-state index in [1.807, 2.05) is 31.4 Å². The van der Waals surface area contributed by atoms with Crippen LogP contribution in [0.2, 0.25) is 0 Å². The van der Waals surface area contributed by atoms with Gasteiger partial charge in [0.15, 0.2) is 0 Å². The Hall–Kier alpha value is -6.99. The summed E-state index contributed by atoms with van der Waals surface area (Å²) >= 11 is 0. The lowest BCUT2D eigenvalue weighted by Crippen LogP contribution is -2.52. The van der Waals surface area contributed by atoms with Gasteiger partial charge in [0.25, 0.3) is 5.91 Å². The summed E-state index contributed by atoms with van der Waals surface area (Å²) in [5.74, 6) is 4.71. The fourth-order valence-electron chi connectivity index (χ4n) is 7.85. The van der Waals surface area contributed by atoms with E-state index in [9.17, 15) is 27.6 Å². The lowest BCUT2D eigenvalue weighted by molar-refractivity contribution is -0.140. The number of aryl methyl sites for hydroxylation is 1. The van der Waals surface area contributed by atoms with Crippen LogP contribution in [0.1, 0.15) is 52.9 Å². The van der Waals surface area contributed by atoms with Gasteiger partial charge in [-0.05, 0) is 65.9 Å². The number of benzene rings is 2. The number of carbonyl (C=O) groups excluding carboxylic acids is 3. The molecule has 6 aromatic rings. The summed E-state index contributed by atoms with van der Waals surface area (Å²) in [6, 6.07) is 17.1. The number of pyridine rings is 3. The van der Waals surface area contributed by atoms with Gasteiger partial charge < -0.3 is 28.4 Å². The molecule has 2 aromatic carbocycles. The zero-order valence-corrected chi connectivity index (χ0v) is 32.7. The van der Waals surface area contributed by atoms with Gasteiger partial charge >= 0.3 is 6.18 Å². The van der Waals surface area contributed by atoms with E-state index in [1.54, 1.807) is 36.7 Å². The maximum absolute atomic E-state index is 14.1. The first-order valence-corrected chi connectivity index (χ1v) is 19.6. The van der Waals surface area contributed by atoms with Gasteiger partial charge in [0.2, 0.25) is 17.7 Å². The van der Waals surface area contributed by atoms with Crippen LogP contribution in [0, 0.1) is 11.8 Å². The van der Waals surface area contributed by atoms with Gasteiger partial charge in [-0.15, -0.1) is 0 Å². The maximum atomic E-state index is 14.1. The molecule has 1 aliphatic carbocycles. The van der Waals surface area contributed by atoms with Crippen LogP contribution in [0.4, 0.5) is 13.2 Å². The first-order chi connectivity index (χ1) is 29.5. The molecule has 6 heterocycles. The van der Waals surface area contributed by atoms with E-state index in [2.05, 4.69) is 48.8 Å². The van der Waals surface area contributed by atoms with E-state index >= 15 is 0 Å². The zero-order chi connectivity index (χ0) is 42.3. The number of hydrogen-bond acceptors (Lipinski definition) is 10. The SMILES string of the molecule is Cn1c2ccncc2c2ccc(-c3ccc(OC4CC(Oc5cnc(C#CCOCCOc6ccc7c(c6)CN(C6CCC(=O)NC6=O)C7=O)cc5C(F)(F)F)C4)nc3)cc21. The van der Waals surface area contributed by atoms with Crippen molar-refractivity contribution in [2.45, 2.75) is 56.7 Å². The smallest absolute Gasteiger partial charge is 0.420 e. The number of alkyl halides is 3. The molecule has 0 bridgehead atoms. The molecule has 61 heavy (non-hydrogen) atoms. The Morgan fingerprint density at radius 2 is 1.70 bits per heavy atom. The average molecular weight is 831 g/mol. The van der Waals surface area contributed by atoms with Crippen LogP contribution in [-0.2, 0) is 34.1 Å². The molecular weight excluding hydrogens is 794 g/mol. The Balaban J connectivity index is 0.727. The van der Waals surface area contributed by atoms with Gasteiger partial charge in [0.1, 0.15) is 54.2 Å². The number of ether oxygens (including phenoxy) is 4. The van der Waals surface area contributed by atoms with Gasteiger partial charge in [-0.1, -0.05) is 18.1 Å². The predicted octanol–water partition coefficient (Wildman–Crippen LogP) is 6.40. The van der Waals surface area contributed by atoms with Gasteiger partial charge in [-0.2, -0.15) is 13.2 Å². The summed E-state index contributed by atoms with van der Waals surface area (Å²) in [7, 11) is 2.03. The normalized spacial score (nSPS) is 18.7. The summed E-state index contributed by atoms with van der Waals surface area (Å²) in [5.41, 5.74) is 4.21. The molecule has 1 unspecified atom stereocenters. The highest BCUT2D eigenvalue weighted by molar-refractivity contribution is 6.08. The van der Waals surface area contributed by atoms with Crippen molar-refractivity contribution in [1.29, 1.82) is 0 Å². The van der Waals surface area contributed by atoms with Gasteiger partial charge in [-0.25, -0.2) is 9.97 Å². The van der Waals surface area contributed by atoms with Gasteiger partial charge in [0, 0.05) is 84.9 Å². The van der Waals surface area contributed by atoms with Crippen molar-refractivity contribution in [1.82, 2.24) is 29.7 Å². The van der Waals surface area contributed by atoms with Crippen molar-refractivity contribution >= 4 is 39.5 Å². The number of imide groups is 1. The highest BCUT2D eigenvalue weighted by Crippen LogP contribution is 2.39. The van der Waals surface area contributed by atoms with Crippen LogP contribution in [0.15, 0.2) is 85.5 Å². The van der Waals surface area contributed by atoms with Crippen molar-refractivity contribution in [3.8, 4) is 40.3 Å². The first kappa shape index (κ1) is 39.5. The monoisotopic (exact) mass is 830 g/mol. The van der Waals surface area contributed by atoms with Crippen molar-refractivity contribution < 1.29 is 46.5 Å². The molecule has 0 radical (unpaired) electrons. The summed E-state index contributed by atoms with van der Waals surface area (Å²) in [5, 5.41) is 4.49. The molecule has 0 spiro atoms.